The van der Waals surface area contributed by atoms with Crippen molar-refractivity contribution in [3.63, 3.8) is 0 Å². The molecule has 11 heteroatoms. The summed E-state index contributed by atoms with van der Waals surface area (Å²) in [5.74, 6) is -1.68. The summed E-state index contributed by atoms with van der Waals surface area (Å²) in [5, 5.41) is 6.05. The van der Waals surface area contributed by atoms with Crippen LogP contribution >= 0.6 is 0 Å². The zero-order chi connectivity index (χ0) is 25.9. The molecule has 1 fully saturated rings. The molecule has 0 saturated carbocycles. The van der Waals surface area contributed by atoms with E-state index < -0.39 is 39.7 Å². The van der Waals surface area contributed by atoms with Gasteiger partial charge < -0.3 is 15.1 Å². The number of furan rings is 1. The third-order valence-electron chi connectivity index (χ3n) is 6.06. The van der Waals surface area contributed by atoms with Crippen molar-refractivity contribution in [3.05, 3.63) is 60.5 Å². The van der Waals surface area contributed by atoms with Crippen molar-refractivity contribution in [1.29, 1.82) is 0 Å². The number of rotatable bonds is 7. The number of carbonyl (C=O) groups excluding carboxylic acids is 3. The molecular weight excluding hydrogens is 484 g/mol. The Morgan fingerprint density at radius 2 is 1.89 bits per heavy atom. The number of fused-ring (bicyclic) bond motifs is 1. The number of aromatic nitrogens is 1. The number of hydrogen-bond acceptors (Lipinski definition) is 7. The highest BCUT2D eigenvalue weighted by molar-refractivity contribution is 7.89. The summed E-state index contributed by atoms with van der Waals surface area (Å²) in [6, 6.07) is 11.5. The van der Waals surface area contributed by atoms with E-state index in [2.05, 4.69) is 15.6 Å². The Bertz CT molecular complexity index is 1340. The number of carbonyl (C=O) groups is 3. The van der Waals surface area contributed by atoms with Crippen molar-refractivity contribution < 1.29 is 27.2 Å². The summed E-state index contributed by atoms with van der Waals surface area (Å²) in [6.07, 6.45) is 2.03. The molecule has 4 rings (SSSR count). The Hall–Kier alpha value is -3.57. The van der Waals surface area contributed by atoms with Crippen molar-refractivity contribution in [3.8, 4) is 0 Å². The minimum Gasteiger partial charge on any atom is -0.451 e. The van der Waals surface area contributed by atoms with Gasteiger partial charge in [-0.2, -0.15) is 4.31 Å². The number of amides is 2. The van der Waals surface area contributed by atoms with E-state index in [0.29, 0.717) is 12.0 Å². The van der Waals surface area contributed by atoms with Crippen LogP contribution in [0.4, 0.5) is 0 Å². The van der Waals surface area contributed by atoms with Crippen LogP contribution in [-0.4, -0.2) is 60.5 Å². The van der Waals surface area contributed by atoms with Crippen LogP contribution in [0.3, 0.4) is 0 Å². The fourth-order valence-corrected chi connectivity index (χ4v) is 5.46. The molecule has 3 heterocycles. The van der Waals surface area contributed by atoms with Crippen LogP contribution in [0.2, 0.25) is 0 Å². The molecule has 3 aromatic rings. The standard InChI is InChI=1S/C25H28N4O6S/c1-16(2)23(28-24(31)21-14-17-8-3-4-10-20(17)35-21)25(32)27-18-9-7-13-29(15-19(18)30)36(33,34)22-11-5-6-12-26-22/h3-6,8,10-12,14,16,18,23H,7,9,13,15H2,1-2H3,(H,27,32)(H,28,31). The van der Waals surface area contributed by atoms with E-state index in [9.17, 15) is 22.8 Å². The fourth-order valence-electron chi connectivity index (χ4n) is 4.09. The Balaban J connectivity index is 1.43. The van der Waals surface area contributed by atoms with Crippen LogP contribution in [0.1, 0.15) is 37.2 Å². The van der Waals surface area contributed by atoms with Crippen LogP contribution < -0.4 is 10.6 Å². The predicted octanol–water partition coefficient (Wildman–Crippen LogP) is 2.12. The Labute approximate surface area is 209 Å². The van der Waals surface area contributed by atoms with Gasteiger partial charge in [0.2, 0.25) is 5.91 Å². The van der Waals surface area contributed by atoms with Gasteiger partial charge >= 0.3 is 0 Å². The van der Waals surface area contributed by atoms with Crippen molar-refractivity contribution in [1.82, 2.24) is 19.9 Å². The van der Waals surface area contributed by atoms with Gasteiger partial charge in [-0.25, -0.2) is 13.4 Å². The topological polar surface area (TPSA) is 139 Å². The zero-order valence-corrected chi connectivity index (χ0v) is 20.8. The summed E-state index contributed by atoms with van der Waals surface area (Å²) in [4.78, 5) is 42.7. The van der Waals surface area contributed by atoms with Crippen LogP contribution in [-0.2, 0) is 19.6 Å². The van der Waals surface area contributed by atoms with Crippen LogP contribution in [0, 0.1) is 5.92 Å². The molecule has 10 nitrogen and oxygen atoms in total. The lowest BCUT2D eigenvalue weighted by atomic mass is 10.0. The SMILES string of the molecule is CC(C)C(NC(=O)c1cc2ccccc2o1)C(=O)NC1CCCN(S(=O)(=O)c2ccccn2)CC1=O. The molecule has 2 aromatic heterocycles. The highest BCUT2D eigenvalue weighted by Crippen LogP contribution is 2.20. The normalized spacial score (nSPS) is 18.1. The summed E-state index contributed by atoms with van der Waals surface area (Å²) >= 11 is 0. The maximum atomic E-state index is 13.1. The largest absolute Gasteiger partial charge is 0.451 e. The number of nitrogens with one attached hydrogen (secondary N) is 2. The summed E-state index contributed by atoms with van der Waals surface area (Å²) in [7, 11) is -3.94. The number of pyridine rings is 1. The molecule has 1 saturated heterocycles. The highest BCUT2D eigenvalue weighted by Gasteiger charge is 2.35. The lowest BCUT2D eigenvalue weighted by Gasteiger charge is -2.24. The van der Waals surface area contributed by atoms with Crippen LogP contribution in [0.15, 0.2) is 64.2 Å². The molecule has 2 amide bonds. The van der Waals surface area contributed by atoms with Crippen LogP contribution in [0.25, 0.3) is 11.0 Å². The predicted molar refractivity (Wildman–Crippen MR) is 131 cm³/mol. The van der Waals surface area contributed by atoms with Gasteiger partial charge in [0.15, 0.2) is 16.6 Å². The second kappa shape index (κ2) is 10.6. The molecule has 1 aliphatic rings. The Morgan fingerprint density at radius 3 is 2.58 bits per heavy atom. The van der Waals surface area contributed by atoms with Gasteiger partial charge in [-0.05, 0) is 43.0 Å². The van der Waals surface area contributed by atoms with Crippen molar-refractivity contribution in [2.24, 2.45) is 5.92 Å². The first kappa shape index (κ1) is 25.5. The minimum atomic E-state index is -3.94. The van der Waals surface area contributed by atoms with E-state index in [0.717, 1.165) is 9.69 Å². The first-order valence-corrected chi connectivity index (χ1v) is 13.1. The number of Topliss-reactive ketones (excluding diaryl/α,β-unsaturated/α-hetero) is 1. The van der Waals surface area contributed by atoms with Gasteiger partial charge in [0.1, 0.15) is 11.6 Å². The monoisotopic (exact) mass is 512 g/mol. The molecule has 2 atom stereocenters. The molecule has 0 bridgehead atoms. The molecule has 2 N–H and O–H groups in total. The smallest absolute Gasteiger partial charge is 0.287 e. The molecule has 0 spiro atoms. The highest BCUT2D eigenvalue weighted by atomic mass is 32.2. The lowest BCUT2D eigenvalue weighted by molar-refractivity contribution is -0.129. The third kappa shape index (κ3) is 5.47. The molecule has 36 heavy (non-hydrogen) atoms. The van der Waals surface area contributed by atoms with Gasteiger partial charge in [-0.15, -0.1) is 0 Å². The molecule has 190 valence electrons. The number of hydrogen-bond donors (Lipinski definition) is 2. The lowest BCUT2D eigenvalue weighted by Crippen LogP contribution is -2.54. The van der Waals surface area contributed by atoms with Crippen molar-refractivity contribution >= 4 is 38.6 Å². The number of para-hydroxylation sites is 1. The third-order valence-corrected chi connectivity index (χ3v) is 7.83. The van der Waals surface area contributed by atoms with Crippen molar-refractivity contribution in [2.45, 2.75) is 43.8 Å². The molecule has 0 radical (unpaired) electrons. The van der Waals surface area contributed by atoms with Gasteiger partial charge in [0, 0.05) is 18.1 Å². The number of benzene rings is 1. The summed E-state index contributed by atoms with van der Waals surface area (Å²) in [5.41, 5.74) is 0.558. The molecular formula is C25H28N4O6S. The number of sulfonamides is 1. The van der Waals surface area contributed by atoms with E-state index in [1.807, 2.05) is 12.1 Å². The maximum Gasteiger partial charge on any atom is 0.287 e. The van der Waals surface area contributed by atoms with Gasteiger partial charge in [-0.1, -0.05) is 38.1 Å². The molecule has 1 aromatic carbocycles. The van der Waals surface area contributed by atoms with E-state index >= 15 is 0 Å². The molecule has 1 aliphatic heterocycles. The van der Waals surface area contributed by atoms with Gasteiger partial charge in [-0.3, -0.25) is 14.4 Å². The van der Waals surface area contributed by atoms with Crippen molar-refractivity contribution in [2.75, 3.05) is 13.1 Å². The van der Waals surface area contributed by atoms with E-state index in [1.54, 1.807) is 44.2 Å². The average molecular weight is 513 g/mol. The fraction of sp³-hybridized carbons (Fsp3) is 0.360. The van der Waals surface area contributed by atoms with Gasteiger partial charge in [0.05, 0.1) is 12.6 Å². The van der Waals surface area contributed by atoms with E-state index in [1.165, 1.54) is 12.3 Å². The molecule has 0 aliphatic carbocycles. The maximum absolute atomic E-state index is 13.1. The average Bonchev–Trinajstić information content (AvgIpc) is 3.21. The minimum absolute atomic E-state index is 0.0792. The second-order valence-corrected chi connectivity index (χ2v) is 10.9. The first-order chi connectivity index (χ1) is 17.2. The molecule has 2 unspecified atom stereocenters. The number of ketones is 1. The van der Waals surface area contributed by atoms with Crippen LogP contribution in [0.5, 0.6) is 0 Å². The zero-order valence-electron chi connectivity index (χ0n) is 20.0. The Kier molecular flexibility index (Phi) is 7.51. The first-order valence-electron chi connectivity index (χ1n) is 11.7. The number of nitrogens with zero attached hydrogens (tertiary/aromatic N) is 2. The van der Waals surface area contributed by atoms with E-state index in [-0.39, 0.29) is 36.2 Å². The van der Waals surface area contributed by atoms with Gasteiger partial charge in [0.25, 0.3) is 15.9 Å². The second-order valence-electron chi connectivity index (χ2n) is 9.02. The Morgan fingerprint density at radius 1 is 1.14 bits per heavy atom. The van der Waals surface area contributed by atoms with E-state index in [4.69, 9.17) is 4.42 Å². The quantitative estimate of drug-likeness (QED) is 0.494. The summed E-state index contributed by atoms with van der Waals surface area (Å²) in [6.45, 7) is 3.31. The summed E-state index contributed by atoms with van der Waals surface area (Å²) < 4.78 is 32.5.